The van der Waals surface area contributed by atoms with Gasteiger partial charge >= 0.3 is 0 Å². The molecule has 3 N–H and O–H groups in total. The number of hydrogen-bond acceptors (Lipinski definition) is 3. The van der Waals surface area contributed by atoms with Gasteiger partial charge in [-0.1, -0.05) is 30.3 Å². The molecule has 1 aromatic heterocycles. The van der Waals surface area contributed by atoms with E-state index in [1.165, 1.54) is 27.7 Å². The van der Waals surface area contributed by atoms with Crippen molar-refractivity contribution < 1.29 is 10.2 Å². The lowest BCUT2D eigenvalue weighted by Crippen LogP contribution is -2.65. The number of aromatic hydroxyl groups is 1. The number of piperidine rings is 1. The number of likely N-dealkylation sites (N-methyl/N-ethyl adjacent to an activating group) is 1. The summed E-state index contributed by atoms with van der Waals surface area (Å²) in [6, 6.07) is 13.9. The molecule has 1 saturated heterocycles. The number of nitrogens with zero attached hydrogens (tertiary/aromatic N) is 1. The van der Waals surface area contributed by atoms with Crippen LogP contribution in [-0.4, -0.2) is 45.8 Å². The second kappa shape index (κ2) is 5.60. The van der Waals surface area contributed by atoms with Gasteiger partial charge in [-0.2, -0.15) is 0 Å². The van der Waals surface area contributed by atoms with Crippen LogP contribution >= 0.6 is 0 Å². The third kappa shape index (κ3) is 2.30. The molecule has 4 nitrogen and oxygen atoms in total. The summed E-state index contributed by atoms with van der Waals surface area (Å²) in [6.07, 6.45) is 2.27. The Morgan fingerprint density at radius 3 is 2.74 bits per heavy atom. The van der Waals surface area contributed by atoms with Gasteiger partial charge in [0.25, 0.3) is 0 Å². The largest absolute Gasteiger partial charge is 0.508 e. The maximum Gasteiger partial charge on any atom is 0.115 e. The number of nitrogens with one attached hydrogen (secondary N) is 1. The highest BCUT2D eigenvalue weighted by Crippen LogP contribution is 2.51. The lowest BCUT2D eigenvalue weighted by molar-refractivity contribution is -0.0972. The molecule has 0 amide bonds. The molecule has 4 heteroatoms. The van der Waals surface area contributed by atoms with Crippen molar-refractivity contribution in [3.8, 4) is 5.75 Å². The van der Waals surface area contributed by atoms with Crippen molar-refractivity contribution in [2.24, 2.45) is 0 Å². The van der Waals surface area contributed by atoms with Crippen LogP contribution in [0.25, 0.3) is 10.9 Å². The van der Waals surface area contributed by atoms with Gasteiger partial charge in [-0.3, -0.25) is 0 Å². The summed E-state index contributed by atoms with van der Waals surface area (Å²) < 4.78 is 0. The molecule has 1 aliphatic carbocycles. The second-order valence-electron chi connectivity index (χ2n) is 8.58. The topological polar surface area (TPSA) is 59.5 Å². The zero-order valence-corrected chi connectivity index (χ0v) is 15.9. The number of likely N-dealkylation sites (tertiary alicyclic amines) is 1. The average Bonchev–Trinajstić information content (AvgIpc) is 2.97. The molecular formula is C23H26N2O2. The maximum absolute atomic E-state index is 12.0. The minimum Gasteiger partial charge on any atom is -0.508 e. The Hall–Kier alpha value is -2.30. The van der Waals surface area contributed by atoms with Crippen molar-refractivity contribution in [3.05, 3.63) is 64.8 Å². The molecule has 0 spiro atoms. The number of benzene rings is 2. The number of β-amino-alcohol motifs (C(OH)–C–C–N with tert-alkyl or cyclic N) is 1. The number of rotatable bonds is 1. The number of aryl methyl sites for hydroxylation is 1. The number of H-pyrrole nitrogens is 1. The third-order valence-electron chi connectivity index (χ3n) is 6.93. The van der Waals surface area contributed by atoms with Crippen LogP contribution in [0.5, 0.6) is 5.75 Å². The van der Waals surface area contributed by atoms with Crippen molar-refractivity contribution >= 4 is 10.9 Å². The standard InChI is InChI=1S/C23H26N2O2/c1-15-5-3-8-18-19-12-23(27)14-25(2)10-9-22(23,13-20(19)24-21(15)18)16-6-4-7-17(26)11-16/h3-8,11,24,26-27H,9-10,12-14H2,1-2H3. The Kier molecular flexibility index (Phi) is 3.49. The molecule has 2 aromatic carbocycles. The summed E-state index contributed by atoms with van der Waals surface area (Å²) in [5.74, 6) is 0.265. The summed E-state index contributed by atoms with van der Waals surface area (Å²) in [4.78, 5) is 5.90. The fourth-order valence-electron chi connectivity index (χ4n) is 5.51. The molecule has 2 atom stereocenters. The first-order chi connectivity index (χ1) is 12.9. The fourth-order valence-corrected chi connectivity index (χ4v) is 5.51. The van der Waals surface area contributed by atoms with Crippen molar-refractivity contribution in [2.75, 3.05) is 20.1 Å². The third-order valence-corrected chi connectivity index (χ3v) is 6.93. The van der Waals surface area contributed by atoms with E-state index in [1.54, 1.807) is 6.07 Å². The van der Waals surface area contributed by atoms with Crippen LogP contribution in [0.2, 0.25) is 0 Å². The molecule has 0 bridgehead atoms. The van der Waals surface area contributed by atoms with Crippen LogP contribution in [0.15, 0.2) is 42.5 Å². The van der Waals surface area contributed by atoms with Crippen LogP contribution < -0.4 is 0 Å². The summed E-state index contributed by atoms with van der Waals surface area (Å²) in [7, 11) is 2.08. The molecule has 1 fully saturated rings. The minimum atomic E-state index is -0.861. The SMILES string of the molecule is Cc1cccc2c3c([nH]c12)CC1(c2cccc(O)c2)CCN(C)CC1(O)C3. The van der Waals surface area contributed by atoms with E-state index in [1.807, 2.05) is 12.1 Å². The van der Waals surface area contributed by atoms with Gasteiger partial charge < -0.3 is 20.1 Å². The molecule has 0 radical (unpaired) electrons. The second-order valence-corrected chi connectivity index (χ2v) is 8.58. The van der Waals surface area contributed by atoms with E-state index < -0.39 is 5.60 Å². The lowest BCUT2D eigenvalue weighted by atomic mass is 9.56. The molecule has 1 aliphatic heterocycles. The van der Waals surface area contributed by atoms with Crippen molar-refractivity contribution in [1.82, 2.24) is 9.88 Å². The molecule has 3 aromatic rings. The van der Waals surface area contributed by atoms with Gasteiger partial charge in [-0.15, -0.1) is 0 Å². The Labute approximate surface area is 159 Å². The number of phenols is 1. The average molecular weight is 362 g/mol. The zero-order chi connectivity index (χ0) is 18.8. The van der Waals surface area contributed by atoms with Crippen LogP contribution in [0.1, 0.15) is 28.8 Å². The first kappa shape index (κ1) is 16.8. The summed E-state index contributed by atoms with van der Waals surface area (Å²) >= 11 is 0. The number of para-hydroxylation sites is 1. The van der Waals surface area contributed by atoms with Crippen molar-refractivity contribution in [3.63, 3.8) is 0 Å². The van der Waals surface area contributed by atoms with Gasteiger partial charge in [0.15, 0.2) is 0 Å². The molecule has 0 saturated carbocycles. The minimum absolute atomic E-state index is 0.265. The lowest BCUT2D eigenvalue weighted by Gasteiger charge is -2.55. The predicted octanol–water partition coefficient (Wildman–Crippen LogP) is 3.29. The van der Waals surface area contributed by atoms with Gasteiger partial charge in [-0.25, -0.2) is 0 Å². The maximum atomic E-state index is 12.0. The molecule has 140 valence electrons. The highest BCUT2D eigenvalue weighted by molar-refractivity contribution is 5.88. The van der Waals surface area contributed by atoms with E-state index in [2.05, 4.69) is 48.1 Å². The summed E-state index contributed by atoms with van der Waals surface area (Å²) in [5, 5.41) is 23.4. The Morgan fingerprint density at radius 2 is 1.93 bits per heavy atom. The number of fused-ring (bicyclic) bond motifs is 4. The molecule has 2 unspecified atom stereocenters. The van der Waals surface area contributed by atoms with Crippen LogP contribution in [-0.2, 0) is 18.3 Å². The number of phenolic OH excluding ortho intramolecular Hbond substituents is 1. The van der Waals surface area contributed by atoms with E-state index in [9.17, 15) is 10.2 Å². The molecule has 5 rings (SSSR count). The number of aliphatic hydroxyl groups is 1. The van der Waals surface area contributed by atoms with Gasteiger partial charge in [0.1, 0.15) is 5.75 Å². The molecule has 2 heterocycles. The Bertz CT molecular complexity index is 1040. The van der Waals surface area contributed by atoms with Gasteiger partial charge in [0.05, 0.1) is 5.60 Å². The van der Waals surface area contributed by atoms with Crippen LogP contribution in [0.4, 0.5) is 0 Å². The highest BCUT2D eigenvalue weighted by Gasteiger charge is 2.57. The molecular weight excluding hydrogens is 336 g/mol. The van der Waals surface area contributed by atoms with Crippen molar-refractivity contribution in [2.45, 2.75) is 37.2 Å². The smallest absolute Gasteiger partial charge is 0.115 e. The zero-order valence-electron chi connectivity index (χ0n) is 15.9. The molecule has 27 heavy (non-hydrogen) atoms. The Morgan fingerprint density at radius 1 is 1.11 bits per heavy atom. The first-order valence-corrected chi connectivity index (χ1v) is 9.71. The number of aromatic nitrogens is 1. The summed E-state index contributed by atoms with van der Waals surface area (Å²) in [6.45, 7) is 3.71. The van der Waals surface area contributed by atoms with Crippen molar-refractivity contribution in [1.29, 1.82) is 0 Å². The van der Waals surface area contributed by atoms with E-state index in [4.69, 9.17) is 0 Å². The highest BCUT2D eigenvalue weighted by atomic mass is 16.3. The quantitative estimate of drug-likeness (QED) is 0.623. The van der Waals surface area contributed by atoms with Crippen LogP contribution in [0.3, 0.4) is 0 Å². The monoisotopic (exact) mass is 362 g/mol. The first-order valence-electron chi connectivity index (χ1n) is 9.71. The van der Waals surface area contributed by atoms with Gasteiger partial charge in [0, 0.05) is 41.4 Å². The molecule has 2 aliphatic rings. The van der Waals surface area contributed by atoms with Crippen LogP contribution in [0, 0.1) is 6.92 Å². The van der Waals surface area contributed by atoms with E-state index in [-0.39, 0.29) is 11.2 Å². The Balaban J connectivity index is 1.74. The van der Waals surface area contributed by atoms with E-state index in [0.717, 1.165) is 24.9 Å². The fraction of sp³-hybridized carbons (Fsp3) is 0.391. The predicted molar refractivity (Wildman–Crippen MR) is 107 cm³/mol. The summed E-state index contributed by atoms with van der Waals surface area (Å²) in [5.41, 5.74) is 4.70. The van der Waals surface area contributed by atoms with Gasteiger partial charge in [-0.05, 0) is 55.8 Å². The number of hydrogen-bond donors (Lipinski definition) is 3. The van der Waals surface area contributed by atoms with E-state index >= 15 is 0 Å². The van der Waals surface area contributed by atoms with E-state index in [0.29, 0.717) is 13.0 Å². The normalized spacial score (nSPS) is 28.1. The number of aromatic amines is 1. The van der Waals surface area contributed by atoms with Gasteiger partial charge in [0.2, 0.25) is 0 Å².